The monoisotopic (exact) mass is 391 g/mol. The van der Waals surface area contributed by atoms with E-state index in [4.69, 9.17) is 10.5 Å². The number of rotatable bonds is 7. The number of nitrogens with two attached hydrogens (primary N) is 1. The van der Waals surface area contributed by atoms with E-state index >= 15 is 0 Å². The number of nitrogens with zero attached hydrogens (tertiary/aromatic N) is 1. The van der Waals surface area contributed by atoms with Crippen LogP contribution in [0.3, 0.4) is 0 Å². The lowest BCUT2D eigenvalue weighted by Crippen LogP contribution is -2.32. The van der Waals surface area contributed by atoms with Gasteiger partial charge in [-0.1, -0.05) is 32.0 Å². The van der Waals surface area contributed by atoms with Gasteiger partial charge in [-0.05, 0) is 25.3 Å². The zero-order chi connectivity index (χ0) is 14.1. The van der Waals surface area contributed by atoms with Crippen molar-refractivity contribution in [2.75, 3.05) is 13.2 Å². The van der Waals surface area contributed by atoms with Crippen LogP contribution < -0.4 is 15.8 Å². The highest BCUT2D eigenvalue weighted by molar-refractivity contribution is 14.0. The first kappa shape index (κ1) is 19.0. The van der Waals surface area contributed by atoms with Crippen molar-refractivity contribution in [2.24, 2.45) is 16.6 Å². The summed E-state index contributed by atoms with van der Waals surface area (Å²) in [6, 6.07) is 7.91. The Morgan fingerprint density at radius 2 is 2.05 bits per heavy atom. The molecule has 5 heteroatoms. The van der Waals surface area contributed by atoms with Gasteiger partial charge >= 0.3 is 0 Å². The van der Waals surface area contributed by atoms with Gasteiger partial charge < -0.3 is 15.8 Å². The van der Waals surface area contributed by atoms with Crippen LogP contribution in [-0.2, 0) is 6.54 Å². The zero-order valence-electron chi connectivity index (χ0n) is 12.6. The van der Waals surface area contributed by atoms with E-state index < -0.39 is 0 Å². The van der Waals surface area contributed by atoms with E-state index in [1.54, 1.807) is 0 Å². The lowest BCUT2D eigenvalue weighted by atomic mass is 10.1. The fraction of sp³-hybridized carbons (Fsp3) is 0.533. The van der Waals surface area contributed by atoms with E-state index in [1.165, 1.54) is 0 Å². The Morgan fingerprint density at radius 1 is 1.35 bits per heavy atom. The minimum absolute atomic E-state index is 0. The summed E-state index contributed by atoms with van der Waals surface area (Å²) in [5.74, 6) is 2.04. The maximum absolute atomic E-state index is 5.83. The molecule has 1 rings (SSSR count). The first-order valence-electron chi connectivity index (χ1n) is 6.88. The number of nitrogens with one attached hydrogen (secondary N) is 1. The zero-order valence-corrected chi connectivity index (χ0v) is 14.9. The van der Waals surface area contributed by atoms with Crippen LogP contribution in [0.15, 0.2) is 29.3 Å². The molecule has 1 aromatic rings. The molecule has 0 fully saturated rings. The number of halogens is 1. The standard InChI is InChI=1S/C15H25N3O.HI/c1-4-19-14-8-6-5-7-13(14)11-18-15(16)17-10-9-12(2)3;/h5-8,12H,4,9-11H2,1-3H3,(H3,16,17,18);1H. The van der Waals surface area contributed by atoms with Crippen molar-refractivity contribution in [1.29, 1.82) is 0 Å². The van der Waals surface area contributed by atoms with Crippen molar-refractivity contribution < 1.29 is 4.74 Å². The second kappa shape index (κ2) is 10.8. The van der Waals surface area contributed by atoms with Crippen molar-refractivity contribution in [1.82, 2.24) is 5.32 Å². The van der Waals surface area contributed by atoms with Crippen LogP contribution in [0.2, 0.25) is 0 Å². The second-order valence-corrected chi connectivity index (χ2v) is 4.85. The third kappa shape index (κ3) is 7.57. The van der Waals surface area contributed by atoms with Gasteiger partial charge in [-0.2, -0.15) is 0 Å². The third-order valence-electron chi connectivity index (χ3n) is 2.72. The van der Waals surface area contributed by atoms with Gasteiger partial charge in [0.25, 0.3) is 0 Å². The average molecular weight is 391 g/mol. The predicted octanol–water partition coefficient (Wildman–Crippen LogP) is 3.15. The molecule has 0 radical (unpaired) electrons. The Kier molecular flexibility index (Phi) is 10.2. The van der Waals surface area contributed by atoms with E-state index in [-0.39, 0.29) is 24.0 Å². The molecular formula is C15H26IN3O. The summed E-state index contributed by atoms with van der Waals surface area (Å²) >= 11 is 0. The van der Waals surface area contributed by atoms with E-state index in [1.807, 2.05) is 31.2 Å². The minimum atomic E-state index is 0. The van der Waals surface area contributed by atoms with Crippen LogP contribution in [0.1, 0.15) is 32.8 Å². The van der Waals surface area contributed by atoms with Crippen molar-refractivity contribution in [3.63, 3.8) is 0 Å². The first-order chi connectivity index (χ1) is 9.13. The molecule has 3 N–H and O–H groups in total. The number of ether oxygens (including phenoxy) is 1. The molecule has 4 nitrogen and oxygen atoms in total. The molecule has 0 spiro atoms. The number of benzene rings is 1. The summed E-state index contributed by atoms with van der Waals surface area (Å²) in [4.78, 5) is 4.34. The molecule has 0 aromatic heterocycles. The molecule has 0 aliphatic rings. The van der Waals surface area contributed by atoms with Crippen LogP contribution >= 0.6 is 24.0 Å². The number of para-hydroxylation sites is 1. The molecule has 0 heterocycles. The summed E-state index contributed by atoms with van der Waals surface area (Å²) in [7, 11) is 0. The number of hydrogen-bond acceptors (Lipinski definition) is 2. The van der Waals surface area contributed by atoms with Crippen LogP contribution in [0, 0.1) is 5.92 Å². The molecule has 0 aliphatic heterocycles. The Balaban J connectivity index is 0.00000361. The molecule has 1 aromatic carbocycles. The van der Waals surface area contributed by atoms with Gasteiger partial charge in [0.1, 0.15) is 5.75 Å². The molecule has 0 amide bonds. The van der Waals surface area contributed by atoms with Crippen molar-refractivity contribution >= 4 is 29.9 Å². The molecule has 0 atom stereocenters. The van der Waals surface area contributed by atoms with Crippen molar-refractivity contribution in [3.8, 4) is 5.75 Å². The molecular weight excluding hydrogens is 365 g/mol. The highest BCUT2D eigenvalue weighted by atomic mass is 127. The van der Waals surface area contributed by atoms with Gasteiger partial charge in [-0.15, -0.1) is 24.0 Å². The van der Waals surface area contributed by atoms with Crippen LogP contribution in [0.25, 0.3) is 0 Å². The number of guanidine groups is 1. The van der Waals surface area contributed by atoms with E-state index in [2.05, 4.69) is 24.2 Å². The molecule has 0 bridgehead atoms. The van der Waals surface area contributed by atoms with Crippen LogP contribution in [-0.4, -0.2) is 19.1 Å². The third-order valence-corrected chi connectivity index (χ3v) is 2.72. The minimum Gasteiger partial charge on any atom is -0.494 e. The quantitative estimate of drug-likeness (QED) is 0.427. The van der Waals surface area contributed by atoms with Gasteiger partial charge in [-0.3, -0.25) is 0 Å². The summed E-state index contributed by atoms with van der Waals surface area (Å²) in [6.45, 7) is 8.40. The normalized spacial score (nSPS) is 11.1. The summed E-state index contributed by atoms with van der Waals surface area (Å²) < 4.78 is 5.55. The lowest BCUT2D eigenvalue weighted by molar-refractivity contribution is 0.336. The summed E-state index contributed by atoms with van der Waals surface area (Å²) in [5.41, 5.74) is 6.88. The molecule has 20 heavy (non-hydrogen) atoms. The number of hydrogen-bond donors (Lipinski definition) is 2. The van der Waals surface area contributed by atoms with Gasteiger partial charge in [0.05, 0.1) is 13.2 Å². The fourth-order valence-electron chi connectivity index (χ4n) is 1.65. The smallest absolute Gasteiger partial charge is 0.188 e. The van der Waals surface area contributed by atoms with Crippen LogP contribution in [0.5, 0.6) is 5.75 Å². The average Bonchev–Trinajstić information content (AvgIpc) is 2.37. The molecule has 0 saturated heterocycles. The van der Waals surface area contributed by atoms with Gasteiger partial charge in [0.15, 0.2) is 5.96 Å². The largest absolute Gasteiger partial charge is 0.494 e. The summed E-state index contributed by atoms with van der Waals surface area (Å²) in [5, 5.41) is 3.12. The Bertz CT molecular complexity index is 408. The topological polar surface area (TPSA) is 59.6 Å². The van der Waals surface area contributed by atoms with Gasteiger partial charge in [-0.25, -0.2) is 4.99 Å². The van der Waals surface area contributed by atoms with E-state index in [9.17, 15) is 0 Å². The van der Waals surface area contributed by atoms with Crippen molar-refractivity contribution in [2.45, 2.75) is 33.7 Å². The highest BCUT2D eigenvalue weighted by Gasteiger charge is 2.01. The lowest BCUT2D eigenvalue weighted by Gasteiger charge is -2.09. The maximum atomic E-state index is 5.83. The predicted molar refractivity (Wildman–Crippen MR) is 95.8 cm³/mol. The highest BCUT2D eigenvalue weighted by Crippen LogP contribution is 2.18. The Hall–Kier alpha value is -0.980. The van der Waals surface area contributed by atoms with E-state index in [0.717, 1.165) is 24.3 Å². The summed E-state index contributed by atoms with van der Waals surface area (Å²) in [6.07, 6.45) is 1.09. The molecule has 0 saturated carbocycles. The van der Waals surface area contributed by atoms with Crippen LogP contribution in [0.4, 0.5) is 0 Å². The molecule has 0 unspecified atom stereocenters. The van der Waals surface area contributed by atoms with Gasteiger partial charge in [0.2, 0.25) is 0 Å². The SMILES string of the molecule is CCOc1ccccc1CN=C(N)NCCC(C)C.I. The van der Waals surface area contributed by atoms with Crippen molar-refractivity contribution in [3.05, 3.63) is 29.8 Å². The Labute approximate surface area is 139 Å². The van der Waals surface area contributed by atoms with E-state index in [0.29, 0.717) is 25.0 Å². The molecule has 0 aliphatic carbocycles. The fourth-order valence-corrected chi connectivity index (χ4v) is 1.65. The first-order valence-corrected chi connectivity index (χ1v) is 6.88. The maximum Gasteiger partial charge on any atom is 0.188 e. The molecule has 114 valence electrons. The van der Waals surface area contributed by atoms with Gasteiger partial charge in [0, 0.05) is 12.1 Å². The second-order valence-electron chi connectivity index (χ2n) is 4.85. The number of aliphatic imine (C=N–C) groups is 1. The Morgan fingerprint density at radius 3 is 2.70 bits per heavy atom.